The Kier molecular flexibility index (Phi) is 9.35. The van der Waals surface area contributed by atoms with Crippen LogP contribution in [0.15, 0.2) is 41.4 Å². The minimum absolute atomic E-state index is 0.0457. The second-order valence-corrected chi connectivity index (χ2v) is 10.9. The molecule has 3 aromatic rings. The predicted molar refractivity (Wildman–Crippen MR) is 140 cm³/mol. The van der Waals surface area contributed by atoms with Crippen LogP contribution in [0.4, 0.5) is 17.6 Å². The van der Waals surface area contributed by atoms with Crippen LogP contribution in [0.2, 0.25) is 0 Å². The van der Waals surface area contributed by atoms with Crippen LogP contribution in [-0.2, 0) is 11.4 Å². The van der Waals surface area contributed by atoms with Gasteiger partial charge < -0.3 is 19.8 Å². The Morgan fingerprint density at radius 1 is 1.21 bits per heavy atom. The summed E-state index contributed by atoms with van der Waals surface area (Å²) in [5.74, 6) is -3.27. The summed E-state index contributed by atoms with van der Waals surface area (Å²) in [4.78, 5) is 18.5. The van der Waals surface area contributed by atoms with E-state index in [0.717, 1.165) is 17.8 Å². The fourth-order valence-corrected chi connectivity index (χ4v) is 6.09. The van der Waals surface area contributed by atoms with Crippen molar-refractivity contribution in [3.8, 4) is 5.75 Å². The van der Waals surface area contributed by atoms with Crippen molar-refractivity contribution in [1.29, 1.82) is 0 Å². The molecule has 1 atom stereocenters. The van der Waals surface area contributed by atoms with Gasteiger partial charge in [0.1, 0.15) is 17.7 Å². The molecule has 0 spiro atoms. The van der Waals surface area contributed by atoms with Crippen LogP contribution >= 0.6 is 11.8 Å². The first-order valence-corrected chi connectivity index (χ1v) is 13.6. The molecule has 2 heterocycles. The van der Waals surface area contributed by atoms with Gasteiger partial charge in [0.15, 0.2) is 11.6 Å². The number of ether oxygens (including phenoxy) is 1. The van der Waals surface area contributed by atoms with Gasteiger partial charge in [-0.25, -0.2) is 17.6 Å². The molecule has 0 saturated carbocycles. The normalized spacial score (nSPS) is 16.4. The van der Waals surface area contributed by atoms with Crippen molar-refractivity contribution >= 4 is 28.6 Å². The van der Waals surface area contributed by atoms with Gasteiger partial charge in [-0.1, -0.05) is 0 Å². The number of aromatic nitrogens is 1. The highest BCUT2D eigenvalue weighted by molar-refractivity contribution is 7.99. The van der Waals surface area contributed by atoms with Crippen LogP contribution in [0.3, 0.4) is 0 Å². The Morgan fingerprint density at radius 3 is 2.62 bits per heavy atom. The van der Waals surface area contributed by atoms with E-state index in [2.05, 4.69) is 4.98 Å². The van der Waals surface area contributed by atoms with E-state index in [1.807, 2.05) is 4.90 Å². The lowest BCUT2D eigenvalue weighted by Gasteiger charge is -2.39. The highest BCUT2D eigenvalue weighted by Crippen LogP contribution is 2.41. The van der Waals surface area contributed by atoms with Crippen molar-refractivity contribution in [2.75, 3.05) is 32.5 Å². The number of rotatable bonds is 11. The van der Waals surface area contributed by atoms with Crippen molar-refractivity contribution in [3.05, 3.63) is 65.1 Å². The van der Waals surface area contributed by atoms with Gasteiger partial charge in [-0.15, -0.1) is 11.8 Å². The van der Waals surface area contributed by atoms with Gasteiger partial charge in [0.05, 0.1) is 24.6 Å². The SMILES string of the molecule is COc1ccc2ncc(CO)c(C(F)CCC3(C(=O)O)CCN(CCSc4cc(F)cc(F)c4F)CC3)c2c1. The standard InChI is InChI=1S/C28H30F4N2O4S/c1-38-19-2-3-23-20(14-19)25(17(16-35)15-33-23)21(30)4-5-28(27(36)37)6-8-34(9-7-28)10-11-39-24-13-18(29)12-22(31)26(24)32/h2-3,12-15,21,35H,4-11,16H2,1H3,(H,36,37). The molecule has 210 valence electrons. The van der Waals surface area contributed by atoms with Crippen LogP contribution in [0.5, 0.6) is 5.75 Å². The number of fused-ring (bicyclic) bond motifs is 1. The van der Waals surface area contributed by atoms with Crippen LogP contribution in [0.1, 0.15) is 43.0 Å². The third-order valence-corrected chi connectivity index (χ3v) is 8.45. The van der Waals surface area contributed by atoms with Crippen LogP contribution < -0.4 is 4.74 Å². The molecule has 0 radical (unpaired) electrons. The molecule has 0 amide bonds. The number of thioether (sulfide) groups is 1. The number of aliphatic hydroxyl groups excluding tert-OH is 1. The Hall–Kier alpha value is -2.89. The average Bonchev–Trinajstić information content (AvgIpc) is 2.93. The molecule has 2 aromatic carbocycles. The van der Waals surface area contributed by atoms with Gasteiger partial charge in [0, 0.05) is 46.0 Å². The highest BCUT2D eigenvalue weighted by Gasteiger charge is 2.41. The number of likely N-dealkylation sites (tertiary alicyclic amines) is 1. The number of carbonyl (C=O) groups is 1. The number of pyridine rings is 1. The maximum Gasteiger partial charge on any atom is 0.309 e. The number of carboxylic acid groups (broad SMARTS) is 1. The first-order valence-electron chi connectivity index (χ1n) is 12.6. The van der Waals surface area contributed by atoms with Gasteiger partial charge in [-0.05, 0) is 63.0 Å². The lowest BCUT2D eigenvalue weighted by Crippen LogP contribution is -2.45. The van der Waals surface area contributed by atoms with E-state index in [9.17, 15) is 28.2 Å². The fraction of sp³-hybridized carbons (Fsp3) is 0.429. The summed E-state index contributed by atoms with van der Waals surface area (Å²) in [5.41, 5.74) is 0.0729. The third kappa shape index (κ3) is 6.47. The van der Waals surface area contributed by atoms with E-state index in [1.165, 1.54) is 13.3 Å². The number of aliphatic carboxylic acids is 1. The fourth-order valence-electron chi connectivity index (χ4n) is 5.10. The van der Waals surface area contributed by atoms with Gasteiger partial charge in [0.25, 0.3) is 0 Å². The number of halogens is 4. The van der Waals surface area contributed by atoms with E-state index in [0.29, 0.717) is 66.5 Å². The monoisotopic (exact) mass is 566 g/mol. The van der Waals surface area contributed by atoms with Gasteiger partial charge in [-0.3, -0.25) is 9.78 Å². The minimum atomic E-state index is -1.52. The number of benzene rings is 2. The summed E-state index contributed by atoms with van der Waals surface area (Å²) >= 11 is 0.997. The number of hydrogen-bond donors (Lipinski definition) is 2. The second kappa shape index (κ2) is 12.5. The highest BCUT2D eigenvalue weighted by atomic mass is 32.2. The maximum atomic E-state index is 15.8. The maximum absolute atomic E-state index is 15.8. The Labute approximate surface area is 228 Å². The van der Waals surface area contributed by atoms with Gasteiger partial charge >= 0.3 is 5.97 Å². The first-order chi connectivity index (χ1) is 18.7. The average molecular weight is 567 g/mol. The number of piperidine rings is 1. The van der Waals surface area contributed by atoms with Gasteiger partial charge in [-0.2, -0.15) is 0 Å². The van der Waals surface area contributed by atoms with Crippen molar-refractivity contribution in [1.82, 2.24) is 9.88 Å². The molecule has 1 aromatic heterocycles. The molecule has 1 aliphatic rings. The molecule has 39 heavy (non-hydrogen) atoms. The predicted octanol–water partition coefficient (Wildman–Crippen LogP) is 5.90. The summed E-state index contributed by atoms with van der Waals surface area (Å²) in [6, 6.07) is 6.53. The number of carboxylic acids is 1. The van der Waals surface area contributed by atoms with E-state index >= 15 is 4.39 Å². The van der Waals surface area contributed by atoms with Crippen molar-refractivity contribution < 1.29 is 37.3 Å². The largest absolute Gasteiger partial charge is 0.497 e. The zero-order chi connectivity index (χ0) is 28.2. The van der Waals surface area contributed by atoms with E-state index < -0.39 is 41.6 Å². The summed E-state index contributed by atoms with van der Waals surface area (Å²) in [6.07, 6.45) is 0.594. The topological polar surface area (TPSA) is 82.9 Å². The molecular formula is C28H30F4N2O4S. The molecule has 6 nitrogen and oxygen atoms in total. The number of methoxy groups -OCH3 is 1. The Balaban J connectivity index is 1.39. The number of nitrogens with zero attached hydrogens (tertiary/aromatic N) is 2. The van der Waals surface area contributed by atoms with Crippen molar-refractivity contribution in [2.24, 2.45) is 5.41 Å². The molecule has 1 unspecified atom stereocenters. The third-order valence-electron chi connectivity index (χ3n) is 7.45. The molecule has 0 bridgehead atoms. The second-order valence-electron chi connectivity index (χ2n) is 9.72. The van der Waals surface area contributed by atoms with E-state index in [-0.39, 0.29) is 23.3 Å². The van der Waals surface area contributed by atoms with E-state index in [4.69, 9.17) is 4.74 Å². The number of hydrogen-bond acceptors (Lipinski definition) is 6. The molecule has 2 N–H and O–H groups in total. The molecule has 1 aliphatic heterocycles. The zero-order valence-electron chi connectivity index (χ0n) is 21.4. The summed E-state index contributed by atoms with van der Waals surface area (Å²) in [5, 5.41) is 20.4. The lowest BCUT2D eigenvalue weighted by molar-refractivity contribution is -0.153. The quantitative estimate of drug-likeness (QED) is 0.170. The molecule has 1 saturated heterocycles. The van der Waals surface area contributed by atoms with Crippen molar-refractivity contribution in [3.63, 3.8) is 0 Å². The van der Waals surface area contributed by atoms with Crippen LogP contribution in [0.25, 0.3) is 10.9 Å². The summed E-state index contributed by atoms with van der Waals surface area (Å²) in [6.45, 7) is 0.968. The smallest absolute Gasteiger partial charge is 0.309 e. The van der Waals surface area contributed by atoms with Gasteiger partial charge in [0.2, 0.25) is 0 Å². The number of aliphatic hydroxyl groups is 1. The van der Waals surface area contributed by atoms with Crippen molar-refractivity contribution in [2.45, 2.75) is 43.4 Å². The summed E-state index contributed by atoms with van der Waals surface area (Å²) < 4.78 is 61.8. The summed E-state index contributed by atoms with van der Waals surface area (Å²) in [7, 11) is 1.50. The Bertz CT molecular complexity index is 1330. The van der Waals surface area contributed by atoms with E-state index in [1.54, 1.807) is 18.2 Å². The number of alkyl halides is 1. The van der Waals surface area contributed by atoms with Crippen LogP contribution in [0, 0.1) is 22.9 Å². The first kappa shape index (κ1) is 29.1. The lowest BCUT2D eigenvalue weighted by atomic mass is 9.74. The van der Waals surface area contributed by atoms with Crippen LogP contribution in [-0.4, -0.2) is 58.6 Å². The Morgan fingerprint density at radius 2 is 1.95 bits per heavy atom. The molecule has 11 heteroatoms. The zero-order valence-corrected chi connectivity index (χ0v) is 22.2. The minimum Gasteiger partial charge on any atom is -0.497 e. The molecule has 1 fully saturated rings. The molecule has 4 rings (SSSR count). The molecular weight excluding hydrogens is 536 g/mol. The molecule has 0 aliphatic carbocycles.